The van der Waals surface area contributed by atoms with Gasteiger partial charge in [0.25, 0.3) is 5.91 Å². The van der Waals surface area contributed by atoms with Gasteiger partial charge in [0, 0.05) is 23.1 Å². The number of hydrogen-bond acceptors (Lipinski definition) is 5. The van der Waals surface area contributed by atoms with E-state index in [1.54, 1.807) is 20.3 Å². The van der Waals surface area contributed by atoms with E-state index in [9.17, 15) is 14.4 Å². The molecule has 1 aliphatic carbocycles. The zero-order valence-electron chi connectivity index (χ0n) is 20.4. The van der Waals surface area contributed by atoms with Gasteiger partial charge in [0.1, 0.15) is 6.04 Å². The average molecular weight is 491 g/mol. The zero-order chi connectivity index (χ0) is 25.2. The van der Waals surface area contributed by atoms with Crippen LogP contribution in [0.15, 0.2) is 42.5 Å². The lowest BCUT2D eigenvalue weighted by Crippen LogP contribution is -2.38. The Bertz CT molecular complexity index is 1320. The molecule has 4 amide bonds. The van der Waals surface area contributed by atoms with Crippen molar-refractivity contribution in [1.82, 2.24) is 20.5 Å². The van der Waals surface area contributed by atoms with Gasteiger partial charge in [-0.2, -0.15) is 0 Å². The molecule has 5 rings (SSSR count). The van der Waals surface area contributed by atoms with Crippen molar-refractivity contribution in [2.75, 3.05) is 20.8 Å². The number of fused-ring (bicyclic) bond motifs is 3. The van der Waals surface area contributed by atoms with Crippen molar-refractivity contribution in [3.63, 3.8) is 0 Å². The highest BCUT2D eigenvalue weighted by Crippen LogP contribution is 2.34. The van der Waals surface area contributed by atoms with E-state index >= 15 is 0 Å². The number of imide groups is 1. The van der Waals surface area contributed by atoms with Crippen LogP contribution in [-0.4, -0.2) is 54.5 Å². The number of nitrogens with one attached hydrogen (secondary N) is 3. The Hall–Kier alpha value is -4.01. The first kappa shape index (κ1) is 23.7. The second kappa shape index (κ2) is 9.93. The number of aromatic nitrogens is 1. The first-order chi connectivity index (χ1) is 17.5. The van der Waals surface area contributed by atoms with E-state index in [0.29, 0.717) is 17.9 Å². The first-order valence-corrected chi connectivity index (χ1v) is 12.2. The number of aryl methyl sites for hydroxylation is 1. The van der Waals surface area contributed by atoms with Crippen molar-refractivity contribution in [2.45, 2.75) is 44.2 Å². The summed E-state index contributed by atoms with van der Waals surface area (Å²) in [4.78, 5) is 42.9. The van der Waals surface area contributed by atoms with Crippen LogP contribution in [-0.2, 0) is 22.4 Å². The van der Waals surface area contributed by atoms with Gasteiger partial charge >= 0.3 is 6.03 Å². The molecule has 3 aromatic rings. The number of carbonyl (C=O) groups excluding carboxylic acids is 3. The Morgan fingerprint density at radius 2 is 1.92 bits per heavy atom. The molecule has 3 N–H and O–H groups in total. The predicted molar refractivity (Wildman–Crippen MR) is 134 cm³/mol. The molecule has 1 saturated heterocycles. The van der Waals surface area contributed by atoms with Crippen LogP contribution in [0.4, 0.5) is 4.79 Å². The number of para-hydroxylation sites is 1. The van der Waals surface area contributed by atoms with E-state index in [2.05, 4.69) is 21.7 Å². The molecule has 188 valence electrons. The second-order valence-corrected chi connectivity index (χ2v) is 9.21. The summed E-state index contributed by atoms with van der Waals surface area (Å²) in [6.07, 6.45) is 3.14. The van der Waals surface area contributed by atoms with Crippen LogP contribution in [0, 0.1) is 0 Å². The van der Waals surface area contributed by atoms with Crippen LogP contribution in [0.3, 0.4) is 0 Å². The molecule has 9 heteroatoms. The van der Waals surface area contributed by atoms with E-state index in [0.717, 1.165) is 36.0 Å². The minimum Gasteiger partial charge on any atom is -0.493 e. The Balaban J connectivity index is 1.20. The van der Waals surface area contributed by atoms with Crippen molar-refractivity contribution in [2.24, 2.45) is 0 Å². The number of urea groups is 1. The fourth-order valence-electron chi connectivity index (χ4n) is 5.20. The molecular formula is C27H30N4O5. The lowest BCUT2D eigenvalue weighted by molar-refractivity contribution is -0.131. The summed E-state index contributed by atoms with van der Waals surface area (Å²) in [7, 11) is 3.12. The predicted octanol–water partition coefficient (Wildman–Crippen LogP) is 3.23. The fraction of sp³-hybridized carbons (Fsp3) is 0.370. The number of carbonyl (C=O) groups is 3. The Morgan fingerprint density at radius 1 is 1.11 bits per heavy atom. The van der Waals surface area contributed by atoms with Crippen LogP contribution in [0.1, 0.15) is 42.1 Å². The molecule has 36 heavy (non-hydrogen) atoms. The third kappa shape index (κ3) is 4.48. The van der Waals surface area contributed by atoms with Gasteiger partial charge in [0.05, 0.1) is 26.7 Å². The molecule has 1 aromatic heterocycles. The van der Waals surface area contributed by atoms with Gasteiger partial charge in [-0.15, -0.1) is 0 Å². The van der Waals surface area contributed by atoms with Crippen molar-refractivity contribution < 1.29 is 23.9 Å². The molecule has 0 radical (unpaired) electrons. The largest absolute Gasteiger partial charge is 0.493 e. The lowest BCUT2D eigenvalue weighted by atomic mass is 9.91. The van der Waals surface area contributed by atoms with Gasteiger partial charge in [-0.25, -0.2) is 4.79 Å². The van der Waals surface area contributed by atoms with Gasteiger partial charge in [-0.05, 0) is 55.0 Å². The lowest BCUT2D eigenvalue weighted by Gasteiger charge is -2.24. The summed E-state index contributed by atoms with van der Waals surface area (Å²) >= 11 is 0. The third-order valence-electron chi connectivity index (χ3n) is 7.02. The number of H-pyrrole nitrogens is 1. The summed E-state index contributed by atoms with van der Waals surface area (Å²) in [6.45, 7) is 0.208. The smallest absolute Gasteiger partial charge is 0.324 e. The SMILES string of the molecule is COc1ccc(CCN2C(=O)N[C@H](CC(=O)N[C@@H]3CCCc4c3[nH]c3ccccc43)C2=O)cc1OC. The highest BCUT2D eigenvalue weighted by Gasteiger charge is 2.39. The van der Waals surface area contributed by atoms with Crippen LogP contribution in [0.2, 0.25) is 0 Å². The van der Waals surface area contributed by atoms with E-state index in [4.69, 9.17) is 9.47 Å². The molecule has 2 aliphatic rings. The number of nitrogens with zero attached hydrogens (tertiary/aromatic N) is 1. The highest BCUT2D eigenvalue weighted by atomic mass is 16.5. The fourth-order valence-corrected chi connectivity index (χ4v) is 5.20. The number of hydrogen-bond donors (Lipinski definition) is 3. The molecule has 9 nitrogen and oxygen atoms in total. The van der Waals surface area contributed by atoms with Gasteiger partial charge in [-0.1, -0.05) is 24.3 Å². The van der Waals surface area contributed by atoms with Gasteiger partial charge < -0.3 is 25.1 Å². The quantitative estimate of drug-likeness (QED) is 0.420. The Morgan fingerprint density at radius 3 is 2.72 bits per heavy atom. The first-order valence-electron chi connectivity index (χ1n) is 12.2. The summed E-state index contributed by atoms with van der Waals surface area (Å²) in [6, 6.07) is 12.1. The highest BCUT2D eigenvalue weighted by molar-refractivity contribution is 6.05. The molecule has 2 heterocycles. The van der Waals surface area contributed by atoms with Crippen molar-refractivity contribution in [3.8, 4) is 11.5 Å². The summed E-state index contributed by atoms with van der Waals surface area (Å²) in [5, 5.41) is 6.93. The summed E-state index contributed by atoms with van der Waals surface area (Å²) < 4.78 is 10.6. The maximum atomic E-state index is 12.9. The van der Waals surface area contributed by atoms with Crippen molar-refractivity contribution in [1.29, 1.82) is 0 Å². The average Bonchev–Trinajstić information content (AvgIpc) is 3.39. The number of benzene rings is 2. The number of aromatic amines is 1. The minimum absolute atomic E-state index is 0.0938. The maximum Gasteiger partial charge on any atom is 0.324 e. The number of ether oxygens (including phenoxy) is 2. The molecule has 0 bridgehead atoms. The van der Waals surface area contributed by atoms with Gasteiger partial charge in [0.15, 0.2) is 11.5 Å². The molecule has 0 unspecified atom stereocenters. The van der Waals surface area contributed by atoms with Crippen LogP contribution < -0.4 is 20.1 Å². The molecule has 1 aliphatic heterocycles. The molecular weight excluding hydrogens is 460 g/mol. The van der Waals surface area contributed by atoms with E-state index in [1.165, 1.54) is 15.8 Å². The molecule has 2 aromatic carbocycles. The Kier molecular flexibility index (Phi) is 6.54. The monoisotopic (exact) mass is 490 g/mol. The van der Waals surface area contributed by atoms with Crippen LogP contribution >= 0.6 is 0 Å². The number of methoxy groups -OCH3 is 2. The second-order valence-electron chi connectivity index (χ2n) is 9.21. The van der Waals surface area contributed by atoms with Gasteiger partial charge in [0.2, 0.25) is 5.91 Å². The molecule has 1 fully saturated rings. The minimum atomic E-state index is -0.867. The van der Waals surface area contributed by atoms with E-state index < -0.39 is 12.1 Å². The molecule has 0 saturated carbocycles. The van der Waals surface area contributed by atoms with Gasteiger partial charge in [-0.3, -0.25) is 14.5 Å². The molecule has 0 spiro atoms. The topological polar surface area (TPSA) is 113 Å². The van der Waals surface area contributed by atoms with Crippen LogP contribution in [0.5, 0.6) is 11.5 Å². The normalized spacial score (nSPS) is 19.2. The van der Waals surface area contributed by atoms with Crippen molar-refractivity contribution >= 4 is 28.7 Å². The maximum absolute atomic E-state index is 12.9. The summed E-state index contributed by atoms with van der Waals surface area (Å²) in [5.41, 5.74) is 4.25. The standard InChI is InChI=1S/C27H30N4O5/c1-35-22-11-10-16(14-23(22)36-2)12-13-31-26(33)21(30-27(31)34)15-24(32)28-20-9-5-7-18-17-6-3-4-8-19(17)29-25(18)20/h3-4,6,8,10-11,14,20-21,29H,5,7,9,12-13,15H2,1-2H3,(H,28,32)(H,30,34)/t20-,21-/m1/s1. The third-order valence-corrected chi connectivity index (χ3v) is 7.02. The Labute approximate surface area is 209 Å². The van der Waals surface area contributed by atoms with E-state index in [-0.39, 0.29) is 30.8 Å². The van der Waals surface area contributed by atoms with Crippen LogP contribution in [0.25, 0.3) is 10.9 Å². The molecule has 2 atom stereocenters. The summed E-state index contributed by atoms with van der Waals surface area (Å²) in [5.74, 6) is 0.555. The van der Waals surface area contributed by atoms with E-state index in [1.807, 2.05) is 30.3 Å². The van der Waals surface area contributed by atoms with Crippen molar-refractivity contribution in [3.05, 3.63) is 59.3 Å². The zero-order valence-corrected chi connectivity index (χ0v) is 20.4. The number of rotatable bonds is 8. The number of amides is 4.